The minimum atomic E-state index is -0.762. The summed E-state index contributed by atoms with van der Waals surface area (Å²) in [4.78, 5) is 52.2. The van der Waals surface area contributed by atoms with Gasteiger partial charge in [0.15, 0.2) is 12.4 Å². The van der Waals surface area contributed by atoms with Gasteiger partial charge in [-0.1, -0.05) is 12.1 Å². The van der Waals surface area contributed by atoms with Crippen molar-refractivity contribution in [2.75, 3.05) is 11.9 Å². The van der Waals surface area contributed by atoms with Crippen molar-refractivity contribution in [3.05, 3.63) is 70.8 Å². The van der Waals surface area contributed by atoms with Crippen LogP contribution in [0, 0.1) is 0 Å². The first-order valence-corrected chi connectivity index (χ1v) is 9.35. The van der Waals surface area contributed by atoms with Crippen molar-refractivity contribution in [3.8, 4) is 0 Å². The number of anilines is 1. The van der Waals surface area contributed by atoms with Crippen LogP contribution in [0.2, 0.25) is 0 Å². The molecule has 2 heterocycles. The second-order valence-electron chi connectivity index (χ2n) is 6.80. The molecule has 0 aliphatic rings. The molecule has 9 heteroatoms. The smallest absolute Gasteiger partial charge is 0.326 e. The molecule has 0 spiro atoms. The number of furan rings is 1. The standard InChI is InChI=1S/C22H17N3O6/c1-13(26)24-15-8-6-14(7-9-15)17(27)11-30-19(28)10-25-12-23-20-16-4-2-3-5-18(16)31-21(20)22(25)29/h2-9,12H,10-11H2,1H3,(H,24,26). The number of carbonyl (C=O) groups excluding carboxylic acids is 3. The van der Waals surface area contributed by atoms with Gasteiger partial charge < -0.3 is 14.5 Å². The molecule has 2 aromatic carbocycles. The summed E-state index contributed by atoms with van der Waals surface area (Å²) in [6, 6.07) is 13.3. The molecule has 0 saturated heterocycles. The topological polar surface area (TPSA) is 120 Å². The van der Waals surface area contributed by atoms with Gasteiger partial charge >= 0.3 is 5.97 Å². The largest absolute Gasteiger partial charge is 0.456 e. The number of rotatable bonds is 6. The van der Waals surface area contributed by atoms with Crippen LogP contribution in [0.25, 0.3) is 22.1 Å². The number of nitrogens with zero attached hydrogens (tertiary/aromatic N) is 2. The molecule has 4 rings (SSSR count). The summed E-state index contributed by atoms with van der Waals surface area (Å²) in [5.41, 5.74) is 1.35. The molecule has 0 radical (unpaired) electrons. The lowest BCUT2D eigenvalue weighted by atomic mass is 10.1. The Hall–Kier alpha value is -4.27. The van der Waals surface area contributed by atoms with Crippen LogP contribution < -0.4 is 10.9 Å². The Balaban J connectivity index is 1.41. The molecule has 0 aliphatic heterocycles. The van der Waals surface area contributed by atoms with E-state index in [0.717, 1.165) is 4.57 Å². The molecule has 1 amide bonds. The van der Waals surface area contributed by atoms with E-state index in [0.29, 0.717) is 27.7 Å². The molecule has 2 aromatic heterocycles. The minimum absolute atomic E-state index is 0.0480. The third-order valence-corrected chi connectivity index (χ3v) is 4.54. The zero-order chi connectivity index (χ0) is 22.0. The number of aromatic nitrogens is 2. The van der Waals surface area contributed by atoms with Crippen molar-refractivity contribution >= 4 is 45.4 Å². The van der Waals surface area contributed by atoms with Crippen LogP contribution in [-0.4, -0.2) is 33.8 Å². The van der Waals surface area contributed by atoms with Crippen LogP contribution in [0.4, 0.5) is 5.69 Å². The van der Waals surface area contributed by atoms with Crippen LogP contribution in [0.3, 0.4) is 0 Å². The highest BCUT2D eigenvalue weighted by Crippen LogP contribution is 2.24. The predicted octanol–water partition coefficient (Wildman–Crippen LogP) is 2.53. The van der Waals surface area contributed by atoms with Crippen molar-refractivity contribution < 1.29 is 23.5 Å². The van der Waals surface area contributed by atoms with Gasteiger partial charge in [0.05, 0.1) is 6.33 Å². The Labute approximate surface area is 175 Å². The highest BCUT2D eigenvalue weighted by Gasteiger charge is 2.16. The summed E-state index contributed by atoms with van der Waals surface area (Å²) >= 11 is 0. The van der Waals surface area contributed by atoms with Gasteiger partial charge in [-0.15, -0.1) is 0 Å². The summed E-state index contributed by atoms with van der Waals surface area (Å²) in [5.74, 6) is -1.40. The van der Waals surface area contributed by atoms with E-state index in [1.807, 2.05) is 6.07 Å². The number of ether oxygens (including phenoxy) is 1. The van der Waals surface area contributed by atoms with E-state index >= 15 is 0 Å². The quantitative estimate of drug-likeness (QED) is 0.377. The third kappa shape index (κ3) is 4.20. The molecule has 0 bridgehead atoms. The monoisotopic (exact) mass is 419 g/mol. The highest BCUT2D eigenvalue weighted by atomic mass is 16.5. The Morgan fingerprint density at radius 2 is 1.84 bits per heavy atom. The Bertz CT molecular complexity index is 1370. The summed E-state index contributed by atoms with van der Waals surface area (Å²) in [6.45, 7) is 0.492. The lowest BCUT2D eigenvalue weighted by Crippen LogP contribution is -2.26. The first kappa shape index (κ1) is 20.0. The number of ketones is 1. The Morgan fingerprint density at radius 1 is 1.10 bits per heavy atom. The number of para-hydroxylation sites is 1. The van der Waals surface area contributed by atoms with Crippen molar-refractivity contribution in [2.24, 2.45) is 0 Å². The average Bonchev–Trinajstić information content (AvgIpc) is 3.14. The van der Waals surface area contributed by atoms with Gasteiger partial charge in [-0.2, -0.15) is 0 Å². The van der Waals surface area contributed by atoms with Crippen molar-refractivity contribution in [1.82, 2.24) is 9.55 Å². The summed E-state index contributed by atoms with van der Waals surface area (Å²) in [7, 11) is 0. The fraction of sp³-hybridized carbons (Fsp3) is 0.136. The molecular weight excluding hydrogens is 402 g/mol. The maximum absolute atomic E-state index is 12.6. The van der Waals surface area contributed by atoms with Crippen LogP contribution in [-0.2, 0) is 20.9 Å². The zero-order valence-corrected chi connectivity index (χ0v) is 16.5. The van der Waals surface area contributed by atoms with Crippen molar-refractivity contribution in [3.63, 3.8) is 0 Å². The van der Waals surface area contributed by atoms with Gasteiger partial charge in [0.1, 0.15) is 17.6 Å². The number of Topliss-reactive ketones (excluding diaryl/α,β-unsaturated/α-hetero) is 1. The number of nitrogens with one attached hydrogen (secondary N) is 1. The number of amides is 1. The second-order valence-corrected chi connectivity index (χ2v) is 6.80. The molecule has 0 atom stereocenters. The van der Waals surface area contributed by atoms with Gasteiger partial charge in [0.2, 0.25) is 11.5 Å². The molecule has 4 aromatic rings. The molecule has 0 unspecified atom stereocenters. The molecular formula is C22H17N3O6. The Morgan fingerprint density at radius 3 is 2.58 bits per heavy atom. The number of esters is 1. The molecule has 1 N–H and O–H groups in total. The molecule has 0 fully saturated rings. The molecule has 0 saturated carbocycles. The normalized spacial score (nSPS) is 10.9. The van der Waals surface area contributed by atoms with E-state index in [4.69, 9.17) is 9.15 Å². The SMILES string of the molecule is CC(=O)Nc1ccc(C(=O)COC(=O)Cn2cnc3c(oc4ccccc43)c2=O)cc1. The Kier molecular flexibility index (Phi) is 5.31. The van der Waals surface area contributed by atoms with Gasteiger partial charge in [-0.05, 0) is 36.4 Å². The predicted molar refractivity (Wildman–Crippen MR) is 112 cm³/mol. The molecule has 31 heavy (non-hydrogen) atoms. The van der Waals surface area contributed by atoms with E-state index in [2.05, 4.69) is 10.3 Å². The molecule has 0 aliphatic carbocycles. The van der Waals surface area contributed by atoms with Crippen LogP contribution in [0.15, 0.2) is 64.1 Å². The molecule has 9 nitrogen and oxygen atoms in total. The van der Waals surface area contributed by atoms with E-state index in [9.17, 15) is 19.2 Å². The highest BCUT2D eigenvalue weighted by molar-refractivity contribution is 6.02. The average molecular weight is 419 g/mol. The number of hydrogen-bond donors (Lipinski definition) is 1. The summed E-state index contributed by atoms with van der Waals surface area (Å²) in [5, 5.41) is 3.30. The van der Waals surface area contributed by atoms with Gasteiger partial charge in [0.25, 0.3) is 5.56 Å². The maximum atomic E-state index is 12.6. The van der Waals surface area contributed by atoms with Crippen LogP contribution >= 0.6 is 0 Å². The summed E-state index contributed by atoms with van der Waals surface area (Å²) in [6.07, 6.45) is 1.25. The van der Waals surface area contributed by atoms with E-state index < -0.39 is 30.5 Å². The summed E-state index contributed by atoms with van der Waals surface area (Å²) < 4.78 is 11.6. The fourth-order valence-electron chi connectivity index (χ4n) is 3.08. The first-order valence-electron chi connectivity index (χ1n) is 9.35. The number of carbonyl (C=O) groups is 3. The van der Waals surface area contributed by atoms with Crippen molar-refractivity contribution in [2.45, 2.75) is 13.5 Å². The molecule has 156 valence electrons. The van der Waals surface area contributed by atoms with Crippen LogP contribution in [0.5, 0.6) is 0 Å². The lowest BCUT2D eigenvalue weighted by Gasteiger charge is -2.07. The van der Waals surface area contributed by atoms with E-state index in [-0.39, 0.29) is 11.5 Å². The third-order valence-electron chi connectivity index (χ3n) is 4.54. The lowest BCUT2D eigenvalue weighted by molar-refractivity contribution is -0.143. The van der Waals surface area contributed by atoms with Crippen LogP contribution in [0.1, 0.15) is 17.3 Å². The number of fused-ring (bicyclic) bond motifs is 3. The number of benzene rings is 2. The second kappa shape index (κ2) is 8.23. The van der Waals surface area contributed by atoms with Gasteiger partial charge in [-0.25, -0.2) is 4.98 Å². The van der Waals surface area contributed by atoms with Crippen molar-refractivity contribution in [1.29, 1.82) is 0 Å². The number of hydrogen-bond acceptors (Lipinski definition) is 7. The minimum Gasteiger partial charge on any atom is -0.456 e. The van der Waals surface area contributed by atoms with Gasteiger partial charge in [-0.3, -0.25) is 23.7 Å². The van der Waals surface area contributed by atoms with E-state index in [1.165, 1.54) is 25.4 Å². The zero-order valence-electron chi connectivity index (χ0n) is 16.5. The maximum Gasteiger partial charge on any atom is 0.326 e. The van der Waals surface area contributed by atoms with Gasteiger partial charge in [0, 0.05) is 23.6 Å². The van der Waals surface area contributed by atoms with E-state index in [1.54, 1.807) is 30.3 Å². The fourth-order valence-corrected chi connectivity index (χ4v) is 3.08. The first-order chi connectivity index (χ1) is 14.9.